The van der Waals surface area contributed by atoms with E-state index in [0.29, 0.717) is 29.0 Å². The van der Waals surface area contributed by atoms with Crippen molar-refractivity contribution in [2.24, 2.45) is 0 Å². The van der Waals surface area contributed by atoms with Gasteiger partial charge in [0.1, 0.15) is 28.7 Å². The maximum Gasteiger partial charge on any atom is 0.256 e. The summed E-state index contributed by atoms with van der Waals surface area (Å²) in [6.45, 7) is 4.22. The number of pyridine rings is 1. The van der Waals surface area contributed by atoms with Gasteiger partial charge in [-0.1, -0.05) is 45.2 Å². The molecule has 7 heteroatoms. The second-order valence-corrected chi connectivity index (χ2v) is 9.35. The lowest BCUT2D eigenvalue weighted by Crippen LogP contribution is -2.13. The number of imidazole rings is 1. The van der Waals surface area contributed by atoms with Crippen molar-refractivity contribution >= 4 is 23.1 Å². The number of nitrogens with zero attached hydrogens (tertiary/aromatic N) is 4. The van der Waals surface area contributed by atoms with Crippen molar-refractivity contribution in [2.75, 3.05) is 11.1 Å². The van der Waals surface area contributed by atoms with E-state index in [4.69, 9.17) is 10.7 Å². The molecule has 174 valence electrons. The van der Waals surface area contributed by atoms with Crippen LogP contribution in [0.5, 0.6) is 0 Å². The maximum atomic E-state index is 12.8. The third-order valence-corrected chi connectivity index (χ3v) is 6.69. The molecule has 34 heavy (non-hydrogen) atoms. The number of carbonyl (C=O) groups excluding carboxylic acids is 1. The fourth-order valence-electron chi connectivity index (χ4n) is 4.78. The highest BCUT2D eigenvalue weighted by molar-refractivity contribution is 6.04. The minimum absolute atomic E-state index is 0.196. The predicted octanol–water partition coefficient (Wildman–Crippen LogP) is 5.80. The molecule has 4 aromatic rings. The maximum absolute atomic E-state index is 12.8. The van der Waals surface area contributed by atoms with E-state index in [-0.39, 0.29) is 5.91 Å². The molecule has 0 bridgehead atoms. The summed E-state index contributed by atoms with van der Waals surface area (Å²) in [7, 11) is 0. The number of nitrogen functional groups attached to an aromatic ring is 1. The zero-order valence-electron chi connectivity index (χ0n) is 19.7. The quantitative estimate of drug-likeness (QED) is 0.397. The molecule has 0 atom stereocenters. The molecule has 0 saturated heterocycles. The number of aromatic nitrogens is 4. The van der Waals surface area contributed by atoms with Gasteiger partial charge in [0.05, 0.1) is 0 Å². The highest BCUT2D eigenvalue weighted by Gasteiger charge is 2.24. The lowest BCUT2D eigenvalue weighted by Gasteiger charge is -2.20. The molecule has 1 aromatic carbocycles. The molecule has 1 aliphatic carbocycles. The first-order valence-corrected chi connectivity index (χ1v) is 12.0. The second kappa shape index (κ2) is 9.25. The molecular weight excluding hydrogens is 424 g/mol. The first-order chi connectivity index (χ1) is 16.5. The van der Waals surface area contributed by atoms with Crippen LogP contribution < -0.4 is 11.1 Å². The normalized spacial score (nSPS) is 14.6. The van der Waals surface area contributed by atoms with E-state index in [1.54, 1.807) is 12.4 Å². The van der Waals surface area contributed by atoms with Crippen LogP contribution in [0.15, 0.2) is 55.0 Å². The number of nitrogens with one attached hydrogen (secondary N) is 1. The van der Waals surface area contributed by atoms with Gasteiger partial charge in [-0.2, -0.15) is 0 Å². The Bertz CT molecular complexity index is 1320. The molecule has 3 heterocycles. The zero-order chi connectivity index (χ0) is 23.7. The largest absolute Gasteiger partial charge is 0.382 e. The van der Waals surface area contributed by atoms with Crippen LogP contribution in [-0.4, -0.2) is 25.3 Å². The number of fused-ring (bicyclic) bond motifs is 1. The molecule has 1 amide bonds. The lowest BCUT2D eigenvalue weighted by atomic mass is 9.89. The Hall–Kier alpha value is -3.74. The molecule has 1 fully saturated rings. The Morgan fingerprint density at radius 3 is 2.56 bits per heavy atom. The van der Waals surface area contributed by atoms with E-state index >= 15 is 0 Å². The van der Waals surface area contributed by atoms with Crippen LogP contribution in [-0.2, 0) is 0 Å². The highest BCUT2D eigenvalue weighted by atomic mass is 16.1. The van der Waals surface area contributed by atoms with Crippen molar-refractivity contribution in [1.82, 2.24) is 19.4 Å². The molecular formula is C27H30N6O. The van der Waals surface area contributed by atoms with Crippen molar-refractivity contribution < 1.29 is 4.79 Å². The Kier molecular flexibility index (Phi) is 6.01. The summed E-state index contributed by atoms with van der Waals surface area (Å²) in [5.41, 5.74) is 10.5. The number of rotatable bonds is 5. The monoisotopic (exact) mass is 454 g/mol. The van der Waals surface area contributed by atoms with E-state index in [9.17, 15) is 4.79 Å². The first-order valence-electron chi connectivity index (χ1n) is 12.0. The van der Waals surface area contributed by atoms with Gasteiger partial charge in [-0.15, -0.1) is 0 Å². The summed E-state index contributed by atoms with van der Waals surface area (Å²) in [5, 5.41) is 2.90. The summed E-state index contributed by atoms with van der Waals surface area (Å²) in [5.74, 6) is 2.66. The first kappa shape index (κ1) is 22.1. The second-order valence-electron chi connectivity index (χ2n) is 9.35. The fourth-order valence-corrected chi connectivity index (χ4v) is 4.78. The van der Waals surface area contributed by atoms with Gasteiger partial charge in [-0.05, 0) is 48.6 Å². The molecule has 1 aliphatic rings. The molecule has 7 nitrogen and oxygen atoms in total. The van der Waals surface area contributed by atoms with Crippen LogP contribution >= 0.6 is 0 Å². The molecule has 3 aromatic heterocycles. The van der Waals surface area contributed by atoms with Gasteiger partial charge >= 0.3 is 0 Å². The average Bonchev–Trinajstić information content (AvgIpc) is 3.26. The zero-order valence-corrected chi connectivity index (χ0v) is 19.7. The number of amides is 1. The summed E-state index contributed by atoms with van der Waals surface area (Å²) in [4.78, 5) is 26.5. The number of hydrogen-bond donors (Lipinski definition) is 2. The lowest BCUT2D eigenvalue weighted by molar-refractivity contribution is 0.102. The van der Waals surface area contributed by atoms with Crippen LogP contribution in [0.2, 0.25) is 0 Å². The number of benzene rings is 1. The van der Waals surface area contributed by atoms with Crippen molar-refractivity contribution in [3.05, 3.63) is 71.9 Å². The van der Waals surface area contributed by atoms with Crippen molar-refractivity contribution in [3.8, 4) is 11.3 Å². The number of anilines is 2. The summed E-state index contributed by atoms with van der Waals surface area (Å²) in [6, 6.07) is 11.4. The van der Waals surface area contributed by atoms with E-state index in [2.05, 4.69) is 33.5 Å². The van der Waals surface area contributed by atoms with E-state index in [1.807, 2.05) is 42.6 Å². The van der Waals surface area contributed by atoms with Crippen LogP contribution in [0.25, 0.3) is 16.8 Å². The fraction of sp³-hybridized carbons (Fsp3) is 0.333. The third kappa shape index (κ3) is 4.25. The van der Waals surface area contributed by atoms with Crippen LogP contribution in [0.4, 0.5) is 11.6 Å². The molecule has 0 aliphatic heterocycles. The van der Waals surface area contributed by atoms with Gasteiger partial charge in [0.15, 0.2) is 0 Å². The van der Waals surface area contributed by atoms with Gasteiger partial charge in [-0.25, -0.2) is 15.0 Å². The minimum atomic E-state index is -0.196. The van der Waals surface area contributed by atoms with Crippen LogP contribution in [0, 0.1) is 0 Å². The Morgan fingerprint density at radius 1 is 1.06 bits per heavy atom. The predicted molar refractivity (Wildman–Crippen MR) is 135 cm³/mol. The minimum Gasteiger partial charge on any atom is -0.382 e. The Labute approximate surface area is 199 Å². The van der Waals surface area contributed by atoms with Crippen molar-refractivity contribution in [3.63, 3.8) is 0 Å². The van der Waals surface area contributed by atoms with Gasteiger partial charge in [-0.3, -0.25) is 9.20 Å². The van der Waals surface area contributed by atoms with E-state index < -0.39 is 0 Å². The highest BCUT2D eigenvalue weighted by Crippen LogP contribution is 2.36. The Balaban J connectivity index is 1.44. The Morgan fingerprint density at radius 2 is 1.82 bits per heavy atom. The number of hydrogen-bond acceptors (Lipinski definition) is 5. The van der Waals surface area contributed by atoms with Crippen LogP contribution in [0.1, 0.15) is 79.5 Å². The average molecular weight is 455 g/mol. The van der Waals surface area contributed by atoms with Gasteiger partial charge in [0.25, 0.3) is 5.91 Å². The van der Waals surface area contributed by atoms with Gasteiger partial charge in [0, 0.05) is 35.6 Å². The topological polar surface area (TPSA) is 98.2 Å². The van der Waals surface area contributed by atoms with E-state index in [1.165, 1.54) is 19.3 Å². The van der Waals surface area contributed by atoms with Crippen molar-refractivity contribution in [1.29, 1.82) is 0 Å². The van der Waals surface area contributed by atoms with Crippen LogP contribution in [0.3, 0.4) is 0 Å². The molecule has 1 saturated carbocycles. The smallest absolute Gasteiger partial charge is 0.256 e. The van der Waals surface area contributed by atoms with Gasteiger partial charge in [0.2, 0.25) is 0 Å². The SMILES string of the molecule is CC(C)c1ccnc(NC(=O)c2ccc(-c3nc(C4CCCCC4)n4ccnc(N)c34)cc2)c1. The molecule has 3 N–H and O–H groups in total. The molecule has 0 unspecified atom stereocenters. The number of nitrogens with two attached hydrogens (primary N) is 1. The molecule has 0 radical (unpaired) electrons. The third-order valence-electron chi connectivity index (χ3n) is 6.69. The summed E-state index contributed by atoms with van der Waals surface area (Å²) in [6.07, 6.45) is 11.4. The van der Waals surface area contributed by atoms with Crippen molar-refractivity contribution in [2.45, 2.75) is 57.8 Å². The summed E-state index contributed by atoms with van der Waals surface area (Å²) >= 11 is 0. The van der Waals surface area contributed by atoms with Gasteiger partial charge < -0.3 is 11.1 Å². The summed E-state index contributed by atoms with van der Waals surface area (Å²) < 4.78 is 2.10. The molecule has 5 rings (SSSR count). The molecule has 0 spiro atoms. The number of carbonyl (C=O) groups is 1. The standard InChI is InChI=1S/C27H30N6O/c1-17(2)21-12-13-29-22(16-21)31-27(34)20-10-8-18(9-11-20)23-24-25(28)30-14-15-33(24)26(32-23)19-6-4-3-5-7-19/h8-17,19H,3-7H2,1-2H3,(H2,28,30)(H,29,31,34). The van der Waals surface area contributed by atoms with E-state index in [0.717, 1.165) is 41.0 Å².